The van der Waals surface area contributed by atoms with E-state index in [-0.39, 0.29) is 0 Å². The number of rotatable bonds is 3. The normalized spacial score (nSPS) is 19.9. The molecule has 1 aliphatic heterocycles. The van der Waals surface area contributed by atoms with Gasteiger partial charge in [-0.2, -0.15) is 0 Å². The summed E-state index contributed by atoms with van der Waals surface area (Å²) in [4.78, 5) is 7.11. The molecule has 0 aromatic carbocycles. The molecule has 1 fully saturated rings. The van der Waals surface area contributed by atoms with Gasteiger partial charge < -0.3 is 10.6 Å². The molecule has 92 valence electrons. The molecule has 17 heavy (non-hydrogen) atoms. The van der Waals surface area contributed by atoms with E-state index >= 15 is 0 Å². The van der Waals surface area contributed by atoms with Crippen molar-refractivity contribution in [3.63, 3.8) is 0 Å². The van der Waals surface area contributed by atoms with Crippen LogP contribution in [0.4, 0.5) is 5.69 Å². The first-order chi connectivity index (χ1) is 8.09. The monoisotopic (exact) mass is 249 g/mol. The van der Waals surface area contributed by atoms with E-state index in [9.17, 15) is 0 Å². The zero-order chi connectivity index (χ0) is 12.4. The molecular weight excluding hydrogens is 230 g/mol. The molecule has 0 saturated carbocycles. The fourth-order valence-corrected chi connectivity index (χ4v) is 2.63. The predicted molar refractivity (Wildman–Crippen MR) is 75.3 cm³/mol. The van der Waals surface area contributed by atoms with Crippen LogP contribution in [0.25, 0.3) is 0 Å². The molecule has 0 amide bonds. The first-order valence-corrected chi connectivity index (χ1v) is 6.53. The molecular formula is C13H19N3S. The molecule has 1 saturated heterocycles. The van der Waals surface area contributed by atoms with Crippen LogP contribution in [0.2, 0.25) is 0 Å². The number of anilines is 1. The number of hydrogen-bond acceptors (Lipinski definition) is 3. The highest BCUT2D eigenvalue weighted by Gasteiger charge is 2.27. The Morgan fingerprint density at radius 3 is 2.82 bits per heavy atom. The highest BCUT2D eigenvalue weighted by atomic mass is 32.1. The minimum absolute atomic E-state index is 0.360. The van der Waals surface area contributed by atoms with Crippen LogP contribution in [0, 0.1) is 5.92 Å². The van der Waals surface area contributed by atoms with Gasteiger partial charge in [-0.15, -0.1) is 0 Å². The molecule has 1 aliphatic rings. The van der Waals surface area contributed by atoms with Crippen molar-refractivity contribution in [2.24, 2.45) is 11.7 Å². The standard InChI is InChI=1S/C13H19N3S/c1-9(2)12-4-3-7-16(12)10-5-6-11(13(14)17)15-8-10/h5-6,8-9,12H,3-4,7H2,1-2H3,(H2,14,17). The molecule has 1 atom stereocenters. The van der Waals surface area contributed by atoms with Crippen LogP contribution in [0.5, 0.6) is 0 Å². The van der Waals surface area contributed by atoms with Crippen LogP contribution in [-0.2, 0) is 0 Å². The molecule has 1 aromatic rings. The van der Waals surface area contributed by atoms with E-state index in [0.29, 0.717) is 22.6 Å². The number of nitrogens with zero attached hydrogens (tertiary/aromatic N) is 2. The smallest absolute Gasteiger partial charge is 0.122 e. The van der Waals surface area contributed by atoms with Crippen molar-refractivity contribution in [1.82, 2.24) is 4.98 Å². The van der Waals surface area contributed by atoms with E-state index in [4.69, 9.17) is 18.0 Å². The molecule has 0 radical (unpaired) electrons. The molecule has 3 nitrogen and oxygen atoms in total. The van der Waals surface area contributed by atoms with E-state index in [1.165, 1.54) is 18.5 Å². The van der Waals surface area contributed by atoms with Gasteiger partial charge in [-0.3, -0.25) is 4.98 Å². The average Bonchev–Trinajstić information content (AvgIpc) is 2.78. The second kappa shape index (κ2) is 5.00. The van der Waals surface area contributed by atoms with Crippen LogP contribution in [-0.4, -0.2) is 22.6 Å². The molecule has 1 unspecified atom stereocenters. The lowest BCUT2D eigenvalue weighted by molar-refractivity contribution is 0.491. The van der Waals surface area contributed by atoms with E-state index in [2.05, 4.69) is 29.8 Å². The minimum atomic E-state index is 0.360. The Labute approximate surface area is 108 Å². The number of aromatic nitrogens is 1. The lowest BCUT2D eigenvalue weighted by Crippen LogP contribution is -2.33. The Morgan fingerprint density at radius 2 is 2.29 bits per heavy atom. The zero-order valence-electron chi connectivity index (χ0n) is 10.4. The van der Waals surface area contributed by atoms with E-state index < -0.39 is 0 Å². The van der Waals surface area contributed by atoms with Crippen molar-refractivity contribution < 1.29 is 0 Å². The summed E-state index contributed by atoms with van der Waals surface area (Å²) in [6.45, 7) is 5.68. The summed E-state index contributed by atoms with van der Waals surface area (Å²) in [5.41, 5.74) is 7.43. The van der Waals surface area contributed by atoms with Crippen LogP contribution < -0.4 is 10.6 Å². The highest BCUT2D eigenvalue weighted by molar-refractivity contribution is 7.80. The number of hydrogen-bond donors (Lipinski definition) is 1. The number of thiocarbonyl (C=S) groups is 1. The fourth-order valence-electron chi connectivity index (χ4n) is 2.51. The van der Waals surface area contributed by atoms with Crippen molar-refractivity contribution in [3.8, 4) is 0 Å². The van der Waals surface area contributed by atoms with Gasteiger partial charge in [-0.1, -0.05) is 26.1 Å². The topological polar surface area (TPSA) is 42.1 Å². The summed E-state index contributed by atoms with van der Waals surface area (Å²) in [5.74, 6) is 0.674. The summed E-state index contributed by atoms with van der Waals surface area (Å²) in [5, 5.41) is 0. The third kappa shape index (κ3) is 2.57. The summed E-state index contributed by atoms with van der Waals surface area (Å²) < 4.78 is 0. The van der Waals surface area contributed by atoms with Gasteiger partial charge in [0.25, 0.3) is 0 Å². The van der Waals surface area contributed by atoms with Gasteiger partial charge >= 0.3 is 0 Å². The van der Waals surface area contributed by atoms with Crippen molar-refractivity contribution in [2.45, 2.75) is 32.7 Å². The van der Waals surface area contributed by atoms with Crippen molar-refractivity contribution in [2.75, 3.05) is 11.4 Å². The molecule has 0 aliphatic carbocycles. The van der Waals surface area contributed by atoms with Gasteiger partial charge in [-0.05, 0) is 30.9 Å². The summed E-state index contributed by atoms with van der Waals surface area (Å²) in [6.07, 6.45) is 4.42. The second-order valence-corrected chi connectivity index (χ2v) is 5.35. The quantitative estimate of drug-likeness (QED) is 0.835. The third-order valence-electron chi connectivity index (χ3n) is 3.40. The Hall–Kier alpha value is -1.16. The van der Waals surface area contributed by atoms with Crippen LogP contribution >= 0.6 is 12.2 Å². The first-order valence-electron chi connectivity index (χ1n) is 6.12. The van der Waals surface area contributed by atoms with Gasteiger partial charge in [0.15, 0.2) is 0 Å². The number of pyridine rings is 1. The summed E-state index contributed by atoms with van der Waals surface area (Å²) in [6, 6.07) is 4.61. The van der Waals surface area contributed by atoms with E-state index in [1.54, 1.807) is 0 Å². The maximum atomic E-state index is 5.55. The Bertz CT molecular complexity index is 400. The Balaban J connectivity index is 2.19. The zero-order valence-corrected chi connectivity index (χ0v) is 11.2. The summed E-state index contributed by atoms with van der Waals surface area (Å²) >= 11 is 4.91. The number of nitrogens with two attached hydrogens (primary N) is 1. The molecule has 2 N–H and O–H groups in total. The predicted octanol–water partition coefficient (Wildman–Crippen LogP) is 2.34. The Morgan fingerprint density at radius 1 is 1.53 bits per heavy atom. The molecule has 2 rings (SSSR count). The minimum Gasteiger partial charge on any atom is -0.388 e. The van der Waals surface area contributed by atoms with Crippen LogP contribution in [0.15, 0.2) is 18.3 Å². The molecule has 0 spiro atoms. The highest BCUT2D eigenvalue weighted by Crippen LogP contribution is 2.29. The van der Waals surface area contributed by atoms with Gasteiger partial charge in [0.05, 0.1) is 17.6 Å². The maximum Gasteiger partial charge on any atom is 0.122 e. The maximum absolute atomic E-state index is 5.55. The second-order valence-electron chi connectivity index (χ2n) is 4.91. The largest absolute Gasteiger partial charge is 0.388 e. The van der Waals surface area contributed by atoms with Crippen molar-refractivity contribution in [3.05, 3.63) is 24.0 Å². The SMILES string of the molecule is CC(C)C1CCCN1c1ccc(C(N)=S)nc1. The van der Waals surface area contributed by atoms with Crippen molar-refractivity contribution in [1.29, 1.82) is 0 Å². The van der Waals surface area contributed by atoms with E-state index in [0.717, 1.165) is 6.54 Å². The first kappa shape index (κ1) is 12.3. The molecule has 2 heterocycles. The van der Waals surface area contributed by atoms with E-state index in [1.807, 2.05) is 12.3 Å². The van der Waals surface area contributed by atoms with Gasteiger partial charge in [0.1, 0.15) is 4.99 Å². The molecule has 4 heteroatoms. The van der Waals surface area contributed by atoms with Gasteiger partial charge in [0.2, 0.25) is 0 Å². The van der Waals surface area contributed by atoms with Gasteiger partial charge in [-0.25, -0.2) is 0 Å². The van der Waals surface area contributed by atoms with Crippen LogP contribution in [0.3, 0.4) is 0 Å². The van der Waals surface area contributed by atoms with Gasteiger partial charge in [0, 0.05) is 12.6 Å². The Kier molecular flexibility index (Phi) is 3.62. The lowest BCUT2D eigenvalue weighted by atomic mass is 10.0. The van der Waals surface area contributed by atoms with Crippen LogP contribution in [0.1, 0.15) is 32.4 Å². The fraction of sp³-hybridized carbons (Fsp3) is 0.538. The molecule has 1 aromatic heterocycles. The lowest BCUT2D eigenvalue weighted by Gasteiger charge is -2.29. The average molecular weight is 249 g/mol. The van der Waals surface area contributed by atoms with Crippen molar-refractivity contribution >= 4 is 22.9 Å². The molecule has 0 bridgehead atoms. The third-order valence-corrected chi connectivity index (χ3v) is 3.61. The summed E-state index contributed by atoms with van der Waals surface area (Å²) in [7, 11) is 0.